The number of hydrogen-bond donors (Lipinski definition) is 1. The van der Waals surface area contributed by atoms with Gasteiger partial charge in [0.25, 0.3) is 6.43 Å². The molecule has 4 heterocycles. The Hall–Kier alpha value is -2.68. The van der Waals surface area contributed by atoms with E-state index in [9.17, 15) is 8.78 Å². The SMILES string of the molecule is C[C@@H]1C[C@H](N)CN(c2cc(-c3cnc4ccc(C(F)F)nn34)ncn2)C1. The van der Waals surface area contributed by atoms with Gasteiger partial charge in [-0.3, -0.25) is 0 Å². The van der Waals surface area contributed by atoms with Crippen LogP contribution in [0.3, 0.4) is 0 Å². The summed E-state index contributed by atoms with van der Waals surface area (Å²) in [7, 11) is 0. The summed E-state index contributed by atoms with van der Waals surface area (Å²) in [5.41, 5.74) is 7.42. The van der Waals surface area contributed by atoms with Crippen LogP contribution in [-0.2, 0) is 0 Å². The number of fused-ring (bicyclic) bond motifs is 1. The first-order valence-electron chi connectivity index (χ1n) is 8.47. The molecule has 0 aliphatic carbocycles. The Balaban J connectivity index is 1.72. The topological polar surface area (TPSA) is 85.2 Å². The maximum absolute atomic E-state index is 13.0. The molecule has 0 radical (unpaired) electrons. The lowest BCUT2D eigenvalue weighted by molar-refractivity contribution is 0.144. The predicted octanol–water partition coefficient (Wildman–Crippen LogP) is 2.30. The van der Waals surface area contributed by atoms with E-state index in [2.05, 4.69) is 31.9 Å². The number of aromatic nitrogens is 5. The molecule has 3 aromatic heterocycles. The van der Waals surface area contributed by atoms with Crippen LogP contribution in [0.1, 0.15) is 25.5 Å². The number of imidazole rings is 1. The van der Waals surface area contributed by atoms with Gasteiger partial charge in [-0.1, -0.05) is 6.92 Å². The molecule has 0 aromatic carbocycles. The second kappa shape index (κ2) is 6.56. The van der Waals surface area contributed by atoms with E-state index in [1.807, 2.05) is 6.07 Å². The molecule has 1 aliphatic heterocycles. The van der Waals surface area contributed by atoms with Crippen LogP contribution in [0.15, 0.2) is 30.7 Å². The van der Waals surface area contributed by atoms with Crippen molar-refractivity contribution in [1.82, 2.24) is 24.6 Å². The summed E-state index contributed by atoms with van der Waals surface area (Å²) in [6.45, 7) is 3.75. The minimum absolute atomic E-state index is 0.100. The fourth-order valence-electron chi connectivity index (χ4n) is 3.43. The first-order valence-corrected chi connectivity index (χ1v) is 8.47. The van der Waals surface area contributed by atoms with Crippen molar-refractivity contribution in [2.24, 2.45) is 11.7 Å². The molecule has 9 heteroatoms. The number of nitrogens with two attached hydrogens (primary N) is 1. The maximum atomic E-state index is 13.0. The molecule has 1 saturated heterocycles. The van der Waals surface area contributed by atoms with E-state index in [0.717, 1.165) is 25.3 Å². The maximum Gasteiger partial charge on any atom is 0.282 e. The van der Waals surface area contributed by atoms with Gasteiger partial charge in [0.1, 0.15) is 23.5 Å². The van der Waals surface area contributed by atoms with Crippen molar-refractivity contribution in [2.75, 3.05) is 18.0 Å². The van der Waals surface area contributed by atoms with Crippen LogP contribution in [0.25, 0.3) is 17.0 Å². The highest BCUT2D eigenvalue weighted by molar-refractivity contribution is 5.62. The number of anilines is 1. The minimum Gasteiger partial charge on any atom is -0.355 e. The van der Waals surface area contributed by atoms with Crippen molar-refractivity contribution in [1.29, 1.82) is 0 Å². The summed E-state index contributed by atoms with van der Waals surface area (Å²) in [4.78, 5) is 15.0. The molecule has 3 aromatic rings. The van der Waals surface area contributed by atoms with Crippen molar-refractivity contribution >= 4 is 11.5 Å². The average Bonchev–Trinajstić information content (AvgIpc) is 3.04. The molecule has 2 N–H and O–H groups in total. The van der Waals surface area contributed by atoms with E-state index < -0.39 is 6.43 Å². The summed E-state index contributed by atoms with van der Waals surface area (Å²) in [6.07, 6.45) is 1.38. The highest BCUT2D eigenvalue weighted by Crippen LogP contribution is 2.25. The summed E-state index contributed by atoms with van der Waals surface area (Å²) in [5, 5.41) is 3.99. The van der Waals surface area contributed by atoms with Gasteiger partial charge >= 0.3 is 0 Å². The second-order valence-corrected chi connectivity index (χ2v) is 6.74. The summed E-state index contributed by atoms with van der Waals surface area (Å²) < 4.78 is 27.3. The number of nitrogens with zero attached hydrogens (tertiary/aromatic N) is 6. The van der Waals surface area contributed by atoms with Gasteiger partial charge in [-0.15, -0.1) is 0 Å². The van der Waals surface area contributed by atoms with Gasteiger partial charge < -0.3 is 10.6 Å². The van der Waals surface area contributed by atoms with Crippen molar-refractivity contribution in [2.45, 2.75) is 25.8 Å². The molecule has 1 fully saturated rings. The second-order valence-electron chi connectivity index (χ2n) is 6.74. The lowest BCUT2D eigenvalue weighted by Crippen LogP contribution is -2.46. The zero-order chi connectivity index (χ0) is 18.3. The highest BCUT2D eigenvalue weighted by atomic mass is 19.3. The van der Waals surface area contributed by atoms with Crippen LogP contribution in [-0.4, -0.2) is 43.7 Å². The van der Waals surface area contributed by atoms with Crippen LogP contribution in [0.2, 0.25) is 0 Å². The lowest BCUT2D eigenvalue weighted by atomic mass is 9.96. The fraction of sp³-hybridized carbons (Fsp3) is 0.412. The summed E-state index contributed by atoms with van der Waals surface area (Å²) in [6, 6.07) is 4.72. The Kier molecular flexibility index (Phi) is 4.23. The van der Waals surface area contributed by atoms with Crippen LogP contribution in [0.5, 0.6) is 0 Å². The quantitative estimate of drug-likeness (QED) is 0.772. The predicted molar refractivity (Wildman–Crippen MR) is 92.9 cm³/mol. The molecule has 0 unspecified atom stereocenters. The monoisotopic (exact) mass is 359 g/mol. The Morgan fingerprint density at radius 3 is 2.81 bits per heavy atom. The lowest BCUT2D eigenvalue weighted by Gasteiger charge is -2.35. The van der Waals surface area contributed by atoms with Crippen LogP contribution in [0.4, 0.5) is 14.6 Å². The van der Waals surface area contributed by atoms with Crippen molar-refractivity contribution in [3.63, 3.8) is 0 Å². The molecular weight excluding hydrogens is 340 g/mol. The largest absolute Gasteiger partial charge is 0.355 e. The number of alkyl halides is 2. The van der Waals surface area contributed by atoms with Crippen LogP contribution in [0, 0.1) is 5.92 Å². The molecule has 136 valence electrons. The molecule has 0 saturated carbocycles. The molecule has 0 bridgehead atoms. The molecule has 26 heavy (non-hydrogen) atoms. The van der Waals surface area contributed by atoms with Crippen molar-refractivity contribution in [3.8, 4) is 11.4 Å². The van der Waals surface area contributed by atoms with Crippen molar-refractivity contribution in [3.05, 3.63) is 36.4 Å². The molecule has 0 spiro atoms. The van der Waals surface area contributed by atoms with Gasteiger partial charge in [0.2, 0.25) is 0 Å². The average molecular weight is 359 g/mol. The van der Waals surface area contributed by atoms with E-state index in [0.29, 0.717) is 23.0 Å². The standard InChI is InChI=1S/C17H19F2N7/c1-10-4-11(20)8-25(7-10)16-5-13(22-9-23-16)14-6-21-15-3-2-12(17(18)19)24-26(14)15/h2-3,5-6,9-11,17H,4,7-8,20H2,1H3/t10-,11+/m1/s1. The fourth-order valence-corrected chi connectivity index (χ4v) is 3.43. The molecule has 0 amide bonds. The van der Waals surface area contributed by atoms with E-state index in [-0.39, 0.29) is 11.7 Å². The number of rotatable bonds is 3. The Morgan fingerprint density at radius 2 is 2.04 bits per heavy atom. The van der Waals surface area contributed by atoms with Crippen LogP contribution < -0.4 is 10.6 Å². The normalized spacial score (nSPS) is 20.9. The van der Waals surface area contributed by atoms with Gasteiger partial charge in [0.15, 0.2) is 5.65 Å². The first kappa shape index (κ1) is 16.8. The smallest absolute Gasteiger partial charge is 0.282 e. The van der Waals surface area contributed by atoms with Gasteiger partial charge in [-0.25, -0.2) is 28.2 Å². The molecule has 4 rings (SSSR count). The highest BCUT2D eigenvalue weighted by Gasteiger charge is 2.24. The van der Waals surface area contributed by atoms with E-state index >= 15 is 0 Å². The van der Waals surface area contributed by atoms with E-state index in [1.54, 1.807) is 6.20 Å². The number of piperidine rings is 1. The molecule has 1 aliphatic rings. The minimum atomic E-state index is -2.65. The number of hydrogen-bond acceptors (Lipinski definition) is 6. The third-order valence-corrected chi connectivity index (χ3v) is 4.54. The summed E-state index contributed by atoms with van der Waals surface area (Å²) in [5.74, 6) is 1.24. The zero-order valence-electron chi connectivity index (χ0n) is 14.3. The van der Waals surface area contributed by atoms with Crippen molar-refractivity contribution < 1.29 is 8.78 Å². The Labute approximate surface area is 148 Å². The summed E-state index contributed by atoms with van der Waals surface area (Å²) >= 11 is 0. The molecule has 7 nitrogen and oxygen atoms in total. The van der Waals surface area contributed by atoms with E-state index in [1.165, 1.54) is 23.0 Å². The first-order chi connectivity index (χ1) is 12.5. The van der Waals surface area contributed by atoms with Gasteiger partial charge in [-0.05, 0) is 24.5 Å². The van der Waals surface area contributed by atoms with Crippen LogP contribution >= 0.6 is 0 Å². The third-order valence-electron chi connectivity index (χ3n) is 4.54. The Morgan fingerprint density at radius 1 is 1.19 bits per heavy atom. The van der Waals surface area contributed by atoms with Gasteiger partial charge in [0.05, 0.1) is 11.9 Å². The van der Waals surface area contributed by atoms with E-state index in [4.69, 9.17) is 5.73 Å². The van der Waals surface area contributed by atoms with Gasteiger partial charge in [-0.2, -0.15) is 5.10 Å². The van der Waals surface area contributed by atoms with Gasteiger partial charge in [0, 0.05) is 25.2 Å². The third kappa shape index (κ3) is 3.10. The Bertz CT molecular complexity index is 916. The number of halogens is 2. The zero-order valence-corrected chi connectivity index (χ0v) is 14.3. The molecule has 2 atom stereocenters. The molecular formula is C17H19F2N7.